The van der Waals surface area contributed by atoms with Gasteiger partial charge in [0, 0.05) is 48.3 Å². The maximum atomic E-state index is 12.9. The minimum absolute atomic E-state index is 0.135. The summed E-state index contributed by atoms with van der Waals surface area (Å²) in [6, 6.07) is 18.6. The number of ether oxygens (including phenoxy) is 1. The van der Waals surface area contributed by atoms with E-state index in [-0.39, 0.29) is 11.8 Å². The lowest BCUT2D eigenvalue weighted by Crippen LogP contribution is -2.25. The van der Waals surface area contributed by atoms with Crippen LogP contribution in [0.25, 0.3) is 10.6 Å². The molecule has 2 amide bonds. The molecule has 194 valence electrons. The molecule has 3 heterocycles. The second kappa shape index (κ2) is 11.5. The van der Waals surface area contributed by atoms with Crippen LogP contribution in [0.5, 0.6) is 11.5 Å². The van der Waals surface area contributed by atoms with Gasteiger partial charge in [0.1, 0.15) is 21.5 Å². The molecule has 5 rings (SSSR count). The first-order valence-electron chi connectivity index (χ1n) is 12.7. The van der Waals surface area contributed by atoms with Crippen molar-refractivity contribution in [3.63, 3.8) is 0 Å². The van der Waals surface area contributed by atoms with Gasteiger partial charge in [0.25, 0.3) is 5.91 Å². The van der Waals surface area contributed by atoms with Gasteiger partial charge in [-0.1, -0.05) is 37.3 Å². The third-order valence-electron chi connectivity index (χ3n) is 6.28. The Morgan fingerprint density at radius 3 is 2.63 bits per heavy atom. The Morgan fingerprint density at radius 1 is 1.11 bits per heavy atom. The second-order valence-corrected chi connectivity index (χ2v) is 10.5. The van der Waals surface area contributed by atoms with Gasteiger partial charge in [-0.3, -0.25) is 14.6 Å². The number of hydrogen-bond donors (Lipinski definition) is 1. The average Bonchev–Trinajstić information content (AvgIpc) is 3.59. The second-order valence-electron chi connectivity index (χ2n) is 9.47. The summed E-state index contributed by atoms with van der Waals surface area (Å²) in [5.74, 6) is 1.41. The van der Waals surface area contributed by atoms with Crippen molar-refractivity contribution < 1.29 is 14.3 Å². The Hall–Kier alpha value is -4.11. The molecule has 0 radical (unpaired) electrons. The van der Waals surface area contributed by atoms with Crippen molar-refractivity contribution in [1.29, 1.82) is 0 Å². The molecule has 38 heavy (non-hydrogen) atoms. The molecule has 1 N–H and O–H groups in total. The van der Waals surface area contributed by atoms with Crippen molar-refractivity contribution in [2.45, 2.75) is 45.7 Å². The minimum atomic E-state index is -0.225. The average molecular weight is 528 g/mol. The highest BCUT2D eigenvalue weighted by atomic mass is 32.1. The summed E-state index contributed by atoms with van der Waals surface area (Å²) in [4.78, 5) is 31.3. The van der Waals surface area contributed by atoms with E-state index in [1.54, 1.807) is 29.7 Å². The van der Waals surface area contributed by atoms with Gasteiger partial charge in [0.15, 0.2) is 0 Å². The van der Waals surface area contributed by atoms with E-state index >= 15 is 0 Å². The molecule has 2 aromatic carbocycles. The Morgan fingerprint density at radius 2 is 1.95 bits per heavy atom. The van der Waals surface area contributed by atoms with E-state index in [2.05, 4.69) is 34.3 Å². The topological polar surface area (TPSA) is 97.3 Å². The van der Waals surface area contributed by atoms with Crippen LogP contribution in [0.3, 0.4) is 0 Å². The summed E-state index contributed by atoms with van der Waals surface area (Å²) >= 11 is 1.58. The first kappa shape index (κ1) is 25.5. The molecular weight excluding hydrogens is 498 g/mol. The summed E-state index contributed by atoms with van der Waals surface area (Å²) in [5.41, 5.74) is 3.06. The van der Waals surface area contributed by atoms with Crippen molar-refractivity contribution >= 4 is 23.2 Å². The number of aromatic nitrogens is 3. The Kier molecular flexibility index (Phi) is 7.74. The molecule has 1 aliphatic rings. The van der Waals surface area contributed by atoms with Gasteiger partial charge in [-0.05, 0) is 55.0 Å². The lowest BCUT2D eigenvalue weighted by Gasteiger charge is -2.19. The van der Waals surface area contributed by atoms with Crippen LogP contribution < -0.4 is 10.1 Å². The quantitative estimate of drug-likeness (QED) is 0.306. The maximum absolute atomic E-state index is 12.9. The third-order valence-corrected chi connectivity index (χ3v) is 7.55. The zero-order valence-electron chi connectivity index (χ0n) is 21.4. The molecule has 1 fully saturated rings. The van der Waals surface area contributed by atoms with Gasteiger partial charge in [-0.25, -0.2) is 0 Å². The molecule has 4 aromatic rings. The van der Waals surface area contributed by atoms with Crippen LogP contribution in [0.4, 0.5) is 0 Å². The summed E-state index contributed by atoms with van der Waals surface area (Å²) in [7, 11) is 0. The SMILES string of the molecule is CC(C)c1nnc(-c2ccc(Oc3cc(C(=O)NCc4ccccn4)ccc3CN3CCCC3=O)cc2)s1. The van der Waals surface area contributed by atoms with E-state index in [1.807, 2.05) is 53.4 Å². The number of pyridine rings is 1. The third kappa shape index (κ3) is 6.06. The Bertz CT molecular complexity index is 1420. The van der Waals surface area contributed by atoms with Gasteiger partial charge in [-0.2, -0.15) is 0 Å². The van der Waals surface area contributed by atoms with Crippen LogP contribution in [-0.2, 0) is 17.9 Å². The van der Waals surface area contributed by atoms with Gasteiger partial charge >= 0.3 is 0 Å². The van der Waals surface area contributed by atoms with Crippen molar-refractivity contribution in [3.8, 4) is 22.1 Å². The van der Waals surface area contributed by atoms with E-state index in [4.69, 9.17) is 4.74 Å². The summed E-state index contributed by atoms with van der Waals surface area (Å²) < 4.78 is 6.28. The zero-order chi connectivity index (χ0) is 26.5. The number of carbonyl (C=O) groups excluding carboxylic acids is 2. The number of amides is 2. The van der Waals surface area contributed by atoms with E-state index in [9.17, 15) is 9.59 Å². The van der Waals surface area contributed by atoms with Gasteiger partial charge in [0.2, 0.25) is 5.91 Å². The Balaban J connectivity index is 1.36. The normalized spacial score (nSPS) is 13.2. The van der Waals surface area contributed by atoms with E-state index in [0.29, 0.717) is 42.5 Å². The lowest BCUT2D eigenvalue weighted by atomic mass is 10.1. The van der Waals surface area contributed by atoms with Crippen molar-refractivity contribution in [1.82, 2.24) is 25.4 Å². The first-order chi connectivity index (χ1) is 18.5. The summed E-state index contributed by atoms with van der Waals surface area (Å²) in [6.07, 6.45) is 3.12. The van der Waals surface area contributed by atoms with Crippen LogP contribution in [0.2, 0.25) is 0 Å². The molecule has 8 nitrogen and oxygen atoms in total. The maximum Gasteiger partial charge on any atom is 0.251 e. The molecule has 0 saturated carbocycles. The number of nitrogens with one attached hydrogen (secondary N) is 1. The molecule has 0 spiro atoms. The predicted molar refractivity (Wildman–Crippen MR) is 146 cm³/mol. The van der Waals surface area contributed by atoms with Crippen LogP contribution in [0.15, 0.2) is 66.9 Å². The minimum Gasteiger partial charge on any atom is -0.457 e. The van der Waals surface area contributed by atoms with Crippen molar-refractivity contribution in [2.75, 3.05) is 6.54 Å². The molecule has 9 heteroatoms. The fourth-order valence-corrected chi connectivity index (χ4v) is 5.00. The first-order valence-corrected chi connectivity index (χ1v) is 13.5. The van der Waals surface area contributed by atoms with E-state index in [1.165, 1.54) is 0 Å². The van der Waals surface area contributed by atoms with Crippen LogP contribution in [0.1, 0.15) is 59.2 Å². The monoisotopic (exact) mass is 527 g/mol. The molecule has 0 atom stereocenters. The fraction of sp³-hybridized carbons (Fsp3) is 0.276. The molecular formula is C29H29N5O3S. The van der Waals surface area contributed by atoms with Gasteiger partial charge < -0.3 is 15.0 Å². The molecule has 2 aromatic heterocycles. The van der Waals surface area contributed by atoms with Gasteiger partial charge in [-0.15, -0.1) is 10.2 Å². The van der Waals surface area contributed by atoms with Crippen LogP contribution in [0, 0.1) is 0 Å². The van der Waals surface area contributed by atoms with E-state index in [0.717, 1.165) is 39.8 Å². The van der Waals surface area contributed by atoms with E-state index < -0.39 is 0 Å². The predicted octanol–water partition coefficient (Wildman–Crippen LogP) is 5.57. The zero-order valence-corrected chi connectivity index (χ0v) is 22.2. The Labute approximate surface area is 225 Å². The van der Waals surface area contributed by atoms with Crippen LogP contribution in [-0.4, -0.2) is 38.4 Å². The number of likely N-dealkylation sites (tertiary alicyclic amines) is 1. The van der Waals surface area contributed by atoms with Crippen molar-refractivity contribution in [3.05, 3.63) is 88.7 Å². The van der Waals surface area contributed by atoms with Crippen LogP contribution >= 0.6 is 11.3 Å². The smallest absolute Gasteiger partial charge is 0.251 e. The molecule has 1 aliphatic heterocycles. The highest BCUT2D eigenvalue weighted by Crippen LogP contribution is 2.32. The summed E-state index contributed by atoms with van der Waals surface area (Å²) in [5, 5.41) is 13.4. The largest absolute Gasteiger partial charge is 0.457 e. The van der Waals surface area contributed by atoms with Gasteiger partial charge in [0.05, 0.1) is 12.2 Å². The number of hydrogen-bond acceptors (Lipinski definition) is 7. The highest BCUT2D eigenvalue weighted by Gasteiger charge is 2.22. The van der Waals surface area contributed by atoms with Crippen molar-refractivity contribution in [2.24, 2.45) is 0 Å². The molecule has 0 bridgehead atoms. The number of carbonyl (C=O) groups is 2. The fourth-order valence-electron chi connectivity index (χ4n) is 4.15. The standard InChI is InChI=1S/C29H29N5O3S/c1-19(2)28-32-33-29(38-28)20-10-12-24(13-11-20)37-25-16-21(27(36)31-17-23-6-3-4-14-30-23)8-9-22(25)18-34-15-5-7-26(34)35/h3-4,6,8-14,16,19H,5,7,15,17-18H2,1-2H3,(H,31,36). The number of nitrogens with zero attached hydrogens (tertiary/aromatic N) is 4. The molecule has 0 unspecified atom stereocenters. The number of rotatable bonds is 9. The molecule has 1 saturated heterocycles. The highest BCUT2D eigenvalue weighted by molar-refractivity contribution is 7.14. The number of benzene rings is 2. The lowest BCUT2D eigenvalue weighted by molar-refractivity contribution is -0.128. The summed E-state index contributed by atoms with van der Waals surface area (Å²) in [6.45, 7) is 5.68. The molecule has 0 aliphatic carbocycles.